The Kier molecular flexibility index (Phi) is 2.73. The minimum Gasteiger partial charge on any atom is -0.360 e. The van der Waals surface area contributed by atoms with E-state index >= 15 is 0 Å². The third kappa shape index (κ3) is 1.88. The van der Waals surface area contributed by atoms with Crippen molar-refractivity contribution in [3.05, 3.63) is 65.9 Å². The fraction of sp³-hybridized carbons (Fsp3) is 0.0556. The zero-order valence-electron chi connectivity index (χ0n) is 11.8. The molecule has 0 aliphatic carbocycles. The van der Waals surface area contributed by atoms with E-state index in [-0.39, 0.29) is 11.6 Å². The molecule has 2 nitrogen and oxygen atoms in total. The molecule has 2 aromatic carbocycles. The lowest BCUT2D eigenvalue weighted by molar-refractivity contribution is 0.620. The summed E-state index contributed by atoms with van der Waals surface area (Å²) < 4.78 is 27.8. The van der Waals surface area contributed by atoms with Crippen LogP contribution in [0.1, 0.15) is 5.56 Å². The van der Waals surface area contributed by atoms with Crippen LogP contribution in [0.3, 0.4) is 0 Å². The summed E-state index contributed by atoms with van der Waals surface area (Å²) in [7, 11) is 0. The number of fused-ring (bicyclic) bond motifs is 2. The zero-order chi connectivity index (χ0) is 15.3. The number of aromatic nitrogens is 2. The van der Waals surface area contributed by atoms with Crippen molar-refractivity contribution in [1.29, 1.82) is 0 Å². The smallest absolute Gasteiger partial charge is 0.149 e. The van der Waals surface area contributed by atoms with Gasteiger partial charge in [-0.25, -0.2) is 13.8 Å². The average Bonchev–Trinajstić information content (AvgIpc) is 2.91. The van der Waals surface area contributed by atoms with Crippen LogP contribution in [0.25, 0.3) is 33.1 Å². The maximum Gasteiger partial charge on any atom is 0.149 e. The van der Waals surface area contributed by atoms with Gasteiger partial charge < -0.3 is 4.98 Å². The largest absolute Gasteiger partial charge is 0.360 e. The highest BCUT2D eigenvalue weighted by molar-refractivity contribution is 5.96. The molecular formula is C18H12F2N2. The Morgan fingerprint density at radius 2 is 1.86 bits per heavy atom. The summed E-state index contributed by atoms with van der Waals surface area (Å²) >= 11 is 0. The number of nitrogens with zero attached hydrogens (tertiary/aromatic N) is 1. The van der Waals surface area contributed by atoms with Crippen LogP contribution < -0.4 is 0 Å². The van der Waals surface area contributed by atoms with Crippen molar-refractivity contribution in [2.45, 2.75) is 6.92 Å². The topological polar surface area (TPSA) is 28.7 Å². The van der Waals surface area contributed by atoms with Crippen molar-refractivity contribution in [1.82, 2.24) is 9.97 Å². The number of hydrogen-bond donors (Lipinski definition) is 1. The Balaban J connectivity index is 1.99. The average molecular weight is 294 g/mol. The highest BCUT2D eigenvalue weighted by Crippen LogP contribution is 2.30. The predicted octanol–water partition coefficient (Wildman–Crippen LogP) is 4.97. The van der Waals surface area contributed by atoms with Gasteiger partial charge in [0, 0.05) is 28.0 Å². The van der Waals surface area contributed by atoms with Gasteiger partial charge in [0.25, 0.3) is 0 Å². The van der Waals surface area contributed by atoms with E-state index in [1.54, 1.807) is 25.3 Å². The van der Waals surface area contributed by atoms with Gasteiger partial charge in [-0.1, -0.05) is 18.2 Å². The first kappa shape index (κ1) is 13.0. The van der Waals surface area contributed by atoms with Crippen LogP contribution in [0.2, 0.25) is 0 Å². The molecule has 0 unspecified atom stereocenters. The summed E-state index contributed by atoms with van der Waals surface area (Å²) in [6.45, 7) is 1.72. The molecule has 0 spiro atoms. The first-order valence-electron chi connectivity index (χ1n) is 6.96. The molecule has 0 aliphatic heterocycles. The van der Waals surface area contributed by atoms with Gasteiger partial charge in [-0.05, 0) is 36.8 Å². The predicted molar refractivity (Wildman–Crippen MR) is 83.7 cm³/mol. The van der Waals surface area contributed by atoms with Crippen molar-refractivity contribution < 1.29 is 8.78 Å². The van der Waals surface area contributed by atoms with Crippen LogP contribution in [0.5, 0.6) is 0 Å². The van der Waals surface area contributed by atoms with Gasteiger partial charge in [0.15, 0.2) is 0 Å². The zero-order valence-corrected chi connectivity index (χ0v) is 11.8. The van der Waals surface area contributed by atoms with Gasteiger partial charge in [-0.15, -0.1) is 0 Å². The van der Waals surface area contributed by atoms with E-state index < -0.39 is 0 Å². The van der Waals surface area contributed by atoms with E-state index in [0.29, 0.717) is 16.8 Å². The number of benzene rings is 2. The molecule has 1 N–H and O–H groups in total. The molecule has 4 aromatic rings. The van der Waals surface area contributed by atoms with Crippen molar-refractivity contribution in [3.63, 3.8) is 0 Å². The van der Waals surface area contributed by atoms with E-state index in [9.17, 15) is 8.78 Å². The third-order valence-electron chi connectivity index (χ3n) is 3.91. The number of halogens is 2. The summed E-state index contributed by atoms with van der Waals surface area (Å²) in [6.07, 6.45) is 1.78. The lowest BCUT2D eigenvalue weighted by Crippen LogP contribution is -1.88. The summed E-state index contributed by atoms with van der Waals surface area (Å²) in [5, 5.41) is 1.48. The van der Waals surface area contributed by atoms with Crippen LogP contribution in [0, 0.1) is 18.6 Å². The Labute approximate surface area is 125 Å². The number of nitrogens with one attached hydrogen (secondary N) is 1. The lowest BCUT2D eigenvalue weighted by atomic mass is 10.1. The van der Waals surface area contributed by atoms with E-state index in [1.807, 2.05) is 18.2 Å². The van der Waals surface area contributed by atoms with Crippen LogP contribution in [0.4, 0.5) is 8.78 Å². The van der Waals surface area contributed by atoms with Gasteiger partial charge in [0.2, 0.25) is 0 Å². The van der Waals surface area contributed by atoms with E-state index in [4.69, 9.17) is 0 Å². The Morgan fingerprint density at radius 1 is 1.00 bits per heavy atom. The normalized spacial score (nSPS) is 11.4. The Morgan fingerprint density at radius 3 is 2.73 bits per heavy atom. The van der Waals surface area contributed by atoms with Crippen molar-refractivity contribution in [2.75, 3.05) is 0 Å². The number of aryl methyl sites for hydroxylation is 1. The summed E-state index contributed by atoms with van der Waals surface area (Å²) in [5.74, 6) is -0.624. The number of aromatic amines is 1. The molecule has 0 fully saturated rings. The lowest BCUT2D eigenvalue weighted by Gasteiger charge is -2.04. The highest BCUT2D eigenvalue weighted by atomic mass is 19.1. The summed E-state index contributed by atoms with van der Waals surface area (Å²) in [4.78, 5) is 7.52. The number of H-pyrrole nitrogens is 1. The molecule has 0 amide bonds. The minimum absolute atomic E-state index is 0.264. The summed E-state index contributed by atoms with van der Waals surface area (Å²) in [6, 6.07) is 11.7. The fourth-order valence-corrected chi connectivity index (χ4v) is 2.72. The SMILES string of the molecule is Cc1cc2[nH]cc(-c3ccc4cccc(F)c4n3)c2cc1F. The third-order valence-corrected chi connectivity index (χ3v) is 3.91. The molecule has 0 atom stereocenters. The van der Waals surface area contributed by atoms with Crippen molar-refractivity contribution >= 4 is 21.8 Å². The highest BCUT2D eigenvalue weighted by Gasteiger charge is 2.11. The van der Waals surface area contributed by atoms with Crippen molar-refractivity contribution in [3.8, 4) is 11.3 Å². The molecule has 22 heavy (non-hydrogen) atoms. The molecule has 108 valence electrons. The standard InChI is InChI=1S/C18H12F2N2/c1-10-7-17-12(8-15(10)20)13(9-21-17)16-6-5-11-3-2-4-14(19)18(11)22-16/h2-9,21H,1H3. The first-order valence-corrected chi connectivity index (χ1v) is 6.96. The fourth-order valence-electron chi connectivity index (χ4n) is 2.72. The maximum atomic E-state index is 13.9. The van der Waals surface area contributed by atoms with E-state index in [1.165, 1.54) is 12.1 Å². The second kappa shape index (κ2) is 4.63. The number of hydrogen-bond acceptors (Lipinski definition) is 1. The van der Waals surface area contributed by atoms with Gasteiger partial charge in [0.1, 0.15) is 17.2 Å². The molecule has 2 aromatic heterocycles. The quantitative estimate of drug-likeness (QED) is 0.527. The first-order chi connectivity index (χ1) is 10.6. The van der Waals surface area contributed by atoms with E-state index in [2.05, 4.69) is 9.97 Å². The van der Waals surface area contributed by atoms with Gasteiger partial charge >= 0.3 is 0 Å². The van der Waals surface area contributed by atoms with Crippen LogP contribution in [0.15, 0.2) is 48.7 Å². The van der Waals surface area contributed by atoms with Crippen LogP contribution >= 0.6 is 0 Å². The molecule has 0 radical (unpaired) electrons. The molecule has 0 saturated carbocycles. The second-order valence-corrected chi connectivity index (χ2v) is 5.36. The van der Waals surface area contributed by atoms with E-state index in [0.717, 1.165) is 21.9 Å². The van der Waals surface area contributed by atoms with Crippen LogP contribution in [-0.2, 0) is 0 Å². The van der Waals surface area contributed by atoms with Gasteiger partial charge in [-0.2, -0.15) is 0 Å². The molecule has 4 heteroatoms. The summed E-state index contributed by atoms with van der Waals surface area (Å²) in [5.41, 5.74) is 3.12. The van der Waals surface area contributed by atoms with Gasteiger partial charge in [0.05, 0.1) is 5.69 Å². The van der Waals surface area contributed by atoms with Crippen molar-refractivity contribution in [2.24, 2.45) is 0 Å². The molecule has 0 bridgehead atoms. The Hall–Kier alpha value is -2.75. The Bertz CT molecular complexity index is 1020. The monoisotopic (exact) mass is 294 g/mol. The minimum atomic E-state index is -0.360. The molecule has 4 rings (SSSR count). The number of pyridine rings is 1. The maximum absolute atomic E-state index is 13.9. The molecular weight excluding hydrogens is 282 g/mol. The second-order valence-electron chi connectivity index (χ2n) is 5.36. The molecule has 0 saturated heterocycles. The molecule has 0 aliphatic rings. The van der Waals surface area contributed by atoms with Gasteiger partial charge in [-0.3, -0.25) is 0 Å². The molecule has 2 heterocycles. The number of para-hydroxylation sites is 1. The van der Waals surface area contributed by atoms with Crippen LogP contribution in [-0.4, -0.2) is 9.97 Å². The number of rotatable bonds is 1.